The summed E-state index contributed by atoms with van der Waals surface area (Å²) >= 11 is 4.38. The molecule has 0 spiro atoms. The van der Waals surface area contributed by atoms with Gasteiger partial charge in [0.25, 0.3) is 0 Å². The van der Waals surface area contributed by atoms with E-state index in [1.165, 1.54) is 48.8 Å². The number of nitrogens with zero attached hydrogens (tertiary/aromatic N) is 2. The van der Waals surface area contributed by atoms with E-state index < -0.39 is 0 Å². The van der Waals surface area contributed by atoms with E-state index in [0.717, 1.165) is 35.4 Å². The summed E-state index contributed by atoms with van der Waals surface area (Å²) in [6.45, 7) is 4.34. The normalized spacial score (nSPS) is 15.0. The van der Waals surface area contributed by atoms with Crippen molar-refractivity contribution in [2.45, 2.75) is 31.4 Å². The second-order valence-electron chi connectivity index (χ2n) is 7.91. The summed E-state index contributed by atoms with van der Waals surface area (Å²) in [5.41, 5.74) is 4.25. The predicted molar refractivity (Wildman–Crippen MR) is 130 cm³/mol. The van der Waals surface area contributed by atoms with E-state index in [2.05, 4.69) is 89.4 Å². The van der Waals surface area contributed by atoms with E-state index >= 15 is 0 Å². The van der Waals surface area contributed by atoms with Crippen LogP contribution in [0.25, 0.3) is 10.8 Å². The molecule has 4 heteroatoms. The van der Waals surface area contributed by atoms with Crippen molar-refractivity contribution in [1.82, 2.24) is 4.90 Å². The summed E-state index contributed by atoms with van der Waals surface area (Å²) in [6, 6.07) is 23.2. The van der Waals surface area contributed by atoms with Crippen molar-refractivity contribution in [2.24, 2.45) is 5.16 Å². The standard InChI is InChI=1S/C26H30N2OS/c30-20-21-12-14-23(15-13-21)26(25-11-7-9-22-8-1-2-10-24(22)25)27-29-19-6-5-18-28-16-3-4-17-28/h1-2,7-15,30H,3-6,16-20H2/b27-26-. The number of fused-ring (bicyclic) bond motifs is 1. The van der Waals surface area contributed by atoms with Gasteiger partial charge in [-0.1, -0.05) is 71.9 Å². The number of unbranched alkanes of at least 4 members (excludes halogenated alkanes) is 1. The fraction of sp³-hybridized carbons (Fsp3) is 0.346. The molecular formula is C26H30N2OS. The minimum absolute atomic E-state index is 0.650. The third-order valence-electron chi connectivity index (χ3n) is 5.77. The molecule has 1 aliphatic heterocycles. The molecule has 3 aromatic carbocycles. The van der Waals surface area contributed by atoms with Gasteiger partial charge < -0.3 is 9.74 Å². The van der Waals surface area contributed by atoms with Crippen molar-refractivity contribution >= 4 is 29.1 Å². The zero-order valence-electron chi connectivity index (χ0n) is 17.5. The number of rotatable bonds is 9. The number of oxime groups is 1. The Morgan fingerprint density at radius 3 is 2.47 bits per heavy atom. The van der Waals surface area contributed by atoms with Crippen LogP contribution < -0.4 is 0 Å². The van der Waals surface area contributed by atoms with Gasteiger partial charge in [0, 0.05) is 16.9 Å². The average molecular weight is 419 g/mol. The van der Waals surface area contributed by atoms with Crippen LogP contribution in [0.4, 0.5) is 0 Å². The lowest BCUT2D eigenvalue weighted by atomic mass is 9.96. The van der Waals surface area contributed by atoms with Gasteiger partial charge >= 0.3 is 0 Å². The first-order valence-corrected chi connectivity index (χ1v) is 11.6. The maximum Gasteiger partial charge on any atom is 0.117 e. The Hall–Kier alpha value is -2.30. The SMILES string of the molecule is SCc1ccc(/C(=N/OCCCCN2CCCC2)c2cccc3ccccc23)cc1. The number of hydrogen-bond acceptors (Lipinski definition) is 4. The largest absolute Gasteiger partial charge is 0.395 e. The van der Waals surface area contributed by atoms with Crippen LogP contribution in [-0.4, -0.2) is 36.9 Å². The van der Waals surface area contributed by atoms with Gasteiger partial charge in [0.15, 0.2) is 0 Å². The molecule has 0 aromatic heterocycles. The minimum atomic E-state index is 0.650. The molecular weight excluding hydrogens is 388 g/mol. The molecule has 30 heavy (non-hydrogen) atoms. The molecule has 1 saturated heterocycles. The fourth-order valence-electron chi connectivity index (χ4n) is 4.08. The number of hydrogen-bond donors (Lipinski definition) is 1. The van der Waals surface area contributed by atoms with Gasteiger partial charge in [0.05, 0.1) is 0 Å². The molecule has 1 fully saturated rings. The second-order valence-corrected chi connectivity index (χ2v) is 8.23. The quantitative estimate of drug-likeness (QED) is 0.202. The molecule has 0 bridgehead atoms. The number of thiol groups is 1. The third-order valence-corrected chi connectivity index (χ3v) is 6.13. The van der Waals surface area contributed by atoms with Crippen LogP contribution >= 0.6 is 12.6 Å². The molecule has 3 nitrogen and oxygen atoms in total. The molecule has 0 amide bonds. The van der Waals surface area contributed by atoms with Gasteiger partial charge in [0.1, 0.15) is 12.3 Å². The summed E-state index contributed by atoms with van der Waals surface area (Å²) in [4.78, 5) is 8.38. The smallest absolute Gasteiger partial charge is 0.117 e. The molecule has 3 aromatic rings. The van der Waals surface area contributed by atoms with Crippen molar-refractivity contribution in [3.05, 3.63) is 83.4 Å². The van der Waals surface area contributed by atoms with Gasteiger partial charge in [-0.05, 0) is 61.7 Å². The Morgan fingerprint density at radius 1 is 0.900 bits per heavy atom. The molecule has 1 aliphatic rings. The Labute approximate surface area is 185 Å². The minimum Gasteiger partial charge on any atom is -0.395 e. The number of benzene rings is 3. The zero-order chi connectivity index (χ0) is 20.6. The van der Waals surface area contributed by atoms with Crippen LogP contribution in [-0.2, 0) is 10.6 Å². The van der Waals surface area contributed by atoms with Crippen LogP contribution in [0.5, 0.6) is 0 Å². The highest BCUT2D eigenvalue weighted by Crippen LogP contribution is 2.23. The summed E-state index contributed by atoms with van der Waals surface area (Å²) < 4.78 is 0. The Bertz CT molecular complexity index is 972. The van der Waals surface area contributed by atoms with Crippen LogP contribution in [0.15, 0.2) is 71.9 Å². The lowest BCUT2D eigenvalue weighted by molar-refractivity contribution is 0.137. The van der Waals surface area contributed by atoms with Gasteiger partial charge in [-0.15, -0.1) is 0 Å². The molecule has 156 valence electrons. The van der Waals surface area contributed by atoms with Gasteiger partial charge in [-0.2, -0.15) is 12.6 Å². The predicted octanol–water partition coefficient (Wildman–Crippen LogP) is 5.91. The van der Waals surface area contributed by atoms with Gasteiger partial charge in [0.2, 0.25) is 0 Å². The lowest BCUT2D eigenvalue weighted by Gasteiger charge is -2.14. The topological polar surface area (TPSA) is 24.8 Å². The first kappa shape index (κ1) is 21.0. The molecule has 0 aliphatic carbocycles. The van der Waals surface area contributed by atoms with Crippen LogP contribution in [0.3, 0.4) is 0 Å². The zero-order valence-corrected chi connectivity index (χ0v) is 18.4. The maximum atomic E-state index is 5.83. The first-order chi connectivity index (χ1) is 14.8. The summed E-state index contributed by atoms with van der Waals surface area (Å²) in [7, 11) is 0. The highest BCUT2D eigenvalue weighted by Gasteiger charge is 2.13. The summed E-state index contributed by atoms with van der Waals surface area (Å²) in [5, 5.41) is 7.02. The van der Waals surface area contributed by atoms with Crippen LogP contribution in [0, 0.1) is 0 Å². The molecule has 0 radical (unpaired) electrons. The maximum absolute atomic E-state index is 5.83. The van der Waals surface area contributed by atoms with E-state index in [9.17, 15) is 0 Å². The van der Waals surface area contributed by atoms with Crippen molar-refractivity contribution < 1.29 is 4.84 Å². The molecule has 0 saturated carbocycles. The van der Waals surface area contributed by atoms with Crippen LogP contribution in [0.1, 0.15) is 42.4 Å². The van der Waals surface area contributed by atoms with Gasteiger partial charge in [-0.3, -0.25) is 0 Å². The van der Waals surface area contributed by atoms with Crippen molar-refractivity contribution in [3.63, 3.8) is 0 Å². The monoisotopic (exact) mass is 418 g/mol. The van der Waals surface area contributed by atoms with Crippen LogP contribution in [0.2, 0.25) is 0 Å². The first-order valence-electron chi connectivity index (χ1n) is 11.0. The second kappa shape index (κ2) is 10.6. The molecule has 4 rings (SSSR count). The summed E-state index contributed by atoms with van der Waals surface area (Å²) in [6.07, 6.45) is 4.89. The van der Waals surface area contributed by atoms with E-state index in [1.54, 1.807) is 0 Å². The molecule has 0 atom stereocenters. The van der Waals surface area contributed by atoms with E-state index in [4.69, 9.17) is 4.84 Å². The van der Waals surface area contributed by atoms with E-state index in [-0.39, 0.29) is 0 Å². The Morgan fingerprint density at radius 2 is 1.67 bits per heavy atom. The van der Waals surface area contributed by atoms with Crippen molar-refractivity contribution in [3.8, 4) is 0 Å². The van der Waals surface area contributed by atoms with E-state index in [1.807, 2.05) is 0 Å². The molecule has 0 unspecified atom stereocenters. The van der Waals surface area contributed by atoms with Gasteiger partial charge in [-0.25, -0.2) is 0 Å². The lowest BCUT2D eigenvalue weighted by Crippen LogP contribution is -2.20. The van der Waals surface area contributed by atoms with Crippen molar-refractivity contribution in [2.75, 3.05) is 26.2 Å². The Balaban J connectivity index is 1.51. The average Bonchev–Trinajstić information content (AvgIpc) is 3.32. The van der Waals surface area contributed by atoms with E-state index in [0.29, 0.717) is 6.61 Å². The van der Waals surface area contributed by atoms with Crippen molar-refractivity contribution in [1.29, 1.82) is 0 Å². The number of likely N-dealkylation sites (tertiary alicyclic amines) is 1. The third kappa shape index (κ3) is 5.24. The highest BCUT2D eigenvalue weighted by molar-refractivity contribution is 7.79. The molecule has 0 N–H and O–H groups in total. The summed E-state index contributed by atoms with van der Waals surface area (Å²) in [5.74, 6) is 0.731. The Kier molecular flexibility index (Phi) is 7.44. The highest BCUT2D eigenvalue weighted by atomic mass is 32.1. The fourth-order valence-corrected chi connectivity index (χ4v) is 4.29. The molecule has 1 heterocycles.